The molecule has 0 unspecified atom stereocenters. The van der Waals surface area contributed by atoms with E-state index in [0.29, 0.717) is 6.54 Å². The molecule has 0 heterocycles. The van der Waals surface area contributed by atoms with Gasteiger partial charge in [-0.3, -0.25) is 5.32 Å². The molecule has 0 aromatic carbocycles. The van der Waals surface area contributed by atoms with Gasteiger partial charge in [-0.15, -0.1) is 0 Å². The normalized spacial score (nSPS) is 19.1. The van der Waals surface area contributed by atoms with Crippen LogP contribution < -0.4 is 10.6 Å². The van der Waals surface area contributed by atoms with Crippen molar-refractivity contribution >= 4 is 25.3 Å². The van der Waals surface area contributed by atoms with Gasteiger partial charge in [0.05, 0.1) is 0 Å². The number of halogens is 2. The minimum Gasteiger partial charge on any atom is -0.317 e. The molecule has 0 rings (SSSR count). The lowest BCUT2D eigenvalue weighted by Crippen LogP contribution is -2.46. The number of rotatable bonds is 9. The van der Waals surface area contributed by atoms with Gasteiger partial charge in [-0.05, 0) is 26.4 Å². The second kappa shape index (κ2) is 7.74. The van der Waals surface area contributed by atoms with Gasteiger partial charge in [-0.25, -0.2) is 8.78 Å². The van der Waals surface area contributed by atoms with Crippen LogP contribution in [0.2, 0.25) is 0 Å². The van der Waals surface area contributed by atoms with E-state index in [9.17, 15) is 8.78 Å². The first-order chi connectivity index (χ1) is 7.45. The Balaban J connectivity index is 4.26. The molecule has 0 saturated heterocycles. The molecule has 0 bridgehead atoms. The summed E-state index contributed by atoms with van der Waals surface area (Å²) in [6.07, 6.45) is 0.227. The molecule has 6 heteroatoms. The summed E-state index contributed by atoms with van der Waals surface area (Å²) in [5.41, 5.74) is -1.46. The minimum atomic E-state index is -1.59. The summed E-state index contributed by atoms with van der Waals surface area (Å²) in [6.45, 7) is 2.50. The average Bonchev–Trinajstić information content (AvgIpc) is 2.27. The second-order valence-electron chi connectivity index (χ2n) is 3.99. The predicted octanol–water partition coefficient (Wildman–Crippen LogP) is 1.83. The van der Waals surface area contributed by atoms with Crippen LogP contribution in [-0.2, 0) is 0 Å². The van der Waals surface area contributed by atoms with E-state index in [1.807, 2.05) is 6.92 Å². The molecule has 0 spiro atoms. The highest BCUT2D eigenvalue weighted by atomic mass is 32.1. The number of nitrogens with one attached hydrogen (secondary N) is 2. The van der Waals surface area contributed by atoms with Crippen molar-refractivity contribution in [1.82, 2.24) is 10.6 Å². The van der Waals surface area contributed by atoms with Gasteiger partial charge in [0, 0.05) is 18.1 Å². The molecular weight excluding hydrogens is 250 g/mol. The minimum absolute atomic E-state index is 0.0447. The van der Waals surface area contributed by atoms with Crippen molar-refractivity contribution in [2.75, 3.05) is 31.6 Å². The highest BCUT2D eigenvalue weighted by Crippen LogP contribution is 2.26. The maximum Gasteiger partial charge on any atom is 0.170 e. The van der Waals surface area contributed by atoms with Gasteiger partial charge >= 0.3 is 0 Å². The largest absolute Gasteiger partial charge is 0.317 e. The first-order valence-electron chi connectivity index (χ1n) is 5.44. The van der Waals surface area contributed by atoms with Crippen LogP contribution in [0.3, 0.4) is 0 Å². The van der Waals surface area contributed by atoms with Crippen LogP contribution in [0.25, 0.3) is 0 Å². The molecular formula is C10H22F2N2S2. The van der Waals surface area contributed by atoms with Crippen molar-refractivity contribution < 1.29 is 8.78 Å². The molecule has 0 aliphatic carbocycles. The van der Waals surface area contributed by atoms with Crippen molar-refractivity contribution in [3.8, 4) is 0 Å². The van der Waals surface area contributed by atoms with E-state index < -0.39 is 11.5 Å². The van der Waals surface area contributed by atoms with Gasteiger partial charge in [-0.1, -0.05) is 6.92 Å². The fourth-order valence-electron chi connectivity index (χ4n) is 1.50. The fraction of sp³-hybridized carbons (Fsp3) is 1.00. The summed E-state index contributed by atoms with van der Waals surface area (Å²) in [5, 5.41) is 5.45. The Morgan fingerprint density at radius 1 is 1.12 bits per heavy atom. The van der Waals surface area contributed by atoms with Crippen molar-refractivity contribution in [3.05, 3.63) is 0 Å². The van der Waals surface area contributed by atoms with E-state index in [1.54, 1.807) is 7.05 Å². The Labute approximate surface area is 108 Å². The van der Waals surface area contributed by atoms with Crippen molar-refractivity contribution in [1.29, 1.82) is 0 Å². The Bertz CT molecular complexity index is 178. The third-order valence-electron chi connectivity index (χ3n) is 2.49. The number of thiol groups is 2. The smallest absolute Gasteiger partial charge is 0.170 e. The Morgan fingerprint density at radius 2 is 1.75 bits per heavy atom. The Hall–Kier alpha value is 0.480. The first kappa shape index (κ1) is 16.5. The summed E-state index contributed by atoms with van der Waals surface area (Å²) < 4.78 is 28.1. The molecule has 0 aliphatic rings. The van der Waals surface area contributed by atoms with Gasteiger partial charge in [0.15, 0.2) is 5.79 Å². The molecule has 2 N–H and O–H groups in total. The number of hydrogen-bond acceptors (Lipinski definition) is 4. The molecule has 98 valence electrons. The molecule has 0 amide bonds. The van der Waals surface area contributed by atoms with Crippen LogP contribution in [0.1, 0.15) is 19.8 Å². The molecule has 0 aromatic heterocycles. The SMILES string of the molecule is CCN[C@@](F)(CS)CC[C@](F)(CS)CNC. The molecule has 0 radical (unpaired) electrons. The summed E-state index contributed by atoms with van der Waals surface area (Å²) in [5.74, 6) is -1.46. The maximum atomic E-state index is 14.1. The zero-order valence-corrected chi connectivity index (χ0v) is 11.7. The lowest BCUT2D eigenvalue weighted by molar-refractivity contribution is 0.0911. The van der Waals surface area contributed by atoms with Gasteiger partial charge in [0.2, 0.25) is 0 Å². The van der Waals surface area contributed by atoms with E-state index in [-0.39, 0.29) is 30.9 Å². The average molecular weight is 272 g/mol. The van der Waals surface area contributed by atoms with E-state index in [2.05, 4.69) is 35.9 Å². The topological polar surface area (TPSA) is 24.1 Å². The lowest BCUT2D eigenvalue weighted by atomic mass is 9.97. The van der Waals surface area contributed by atoms with Crippen molar-refractivity contribution in [2.24, 2.45) is 0 Å². The molecule has 0 aromatic rings. The molecule has 2 nitrogen and oxygen atoms in total. The zero-order chi connectivity index (χ0) is 12.7. The summed E-state index contributed by atoms with van der Waals surface area (Å²) in [7, 11) is 1.67. The van der Waals surface area contributed by atoms with Crippen LogP contribution in [0.15, 0.2) is 0 Å². The standard InChI is InChI=1S/C10H22F2N2S2/c1-3-14-10(12,8-16)5-4-9(11,7-15)6-13-2/h13-16H,3-8H2,1-2H3/t9-,10-/m1/s1. The number of hydrogen-bond donors (Lipinski definition) is 4. The van der Waals surface area contributed by atoms with E-state index in [0.717, 1.165) is 0 Å². The van der Waals surface area contributed by atoms with E-state index >= 15 is 0 Å². The van der Waals surface area contributed by atoms with Crippen LogP contribution in [-0.4, -0.2) is 43.1 Å². The monoisotopic (exact) mass is 272 g/mol. The van der Waals surface area contributed by atoms with Gasteiger partial charge in [-0.2, -0.15) is 25.3 Å². The van der Waals surface area contributed by atoms with Crippen LogP contribution >= 0.6 is 25.3 Å². The third-order valence-corrected chi connectivity index (χ3v) is 3.56. The fourth-order valence-corrected chi connectivity index (χ4v) is 2.04. The third kappa shape index (κ3) is 5.70. The first-order valence-corrected chi connectivity index (χ1v) is 6.71. The lowest BCUT2D eigenvalue weighted by Gasteiger charge is -2.29. The highest BCUT2D eigenvalue weighted by Gasteiger charge is 2.34. The Morgan fingerprint density at radius 3 is 2.12 bits per heavy atom. The van der Waals surface area contributed by atoms with Gasteiger partial charge in [0.25, 0.3) is 0 Å². The highest BCUT2D eigenvalue weighted by molar-refractivity contribution is 7.80. The van der Waals surface area contributed by atoms with E-state index in [1.165, 1.54) is 0 Å². The molecule has 0 aliphatic heterocycles. The zero-order valence-electron chi connectivity index (χ0n) is 9.89. The second-order valence-corrected chi connectivity index (χ2v) is 4.63. The molecule has 0 saturated carbocycles. The predicted molar refractivity (Wildman–Crippen MR) is 72.2 cm³/mol. The maximum absolute atomic E-state index is 14.1. The van der Waals surface area contributed by atoms with Crippen LogP contribution in [0.4, 0.5) is 8.78 Å². The van der Waals surface area contributed by atoms with Crippen LogP contribution in [0, 0.1) is 0 Å². The summed E-state index contributed by atoms with van der Waals surface area (Å²) in [6, 6.07) is 0. The molecule has 0 fully saturated rings. The Kier molecular flexibility index (Phi) is 7.97. The summed E-state index contributed by atoms with van der Waals surface area (Å²) in [4.78, 5) is 0. The van der Waals surface area contributed by atoms with Gasteiger partial charge in [0.1, 0.15) is 5.67 Å². The van der Waals surface area contributed by atoms with Gasteiger partial charge < -0.3 is 5.32 Å². The quantitative estimate of drug-likeness (QED) is 0.380. The molecule has 16 heavy (non-hydrogen) atoms. The summed E-state index contributed by atoms with van der Waals surface area (Å²) >= 11 is 7.92. The van der Waals surface area contributed by atoms with E-state index in [4.69, 9.17) is 0 Å². The number of alkyl halides is 2. The molecule has 2 atom stereocenters. The van der Waals surface area contributed by atoms with Crippen LogP contribution in [0.5, 0.6) is 0 Å². The van der Waals surface area contributed by atoms with Crippen molar-refractivity contribution in [3.63, 3.8) is 0 Å². The van der Waals surface area contributed by atoms with Crippen molar-refractivity contribution in [2.45, 2.75) is 31.2 Å².